The number of methoxy groups -OCH3 is 1. The summed E-state index contributed by atoms with van der Waals surface area (Å²) in [7, 11) is 1.42. The molecule has 1 amide bonds. The Labute approximate surface area is 165 Å². The van der Waals surface area contributed by atoms with Crippen molar-refractivity contribution in [2.24, 2.45) is 0 Å². The lowest BCUT2D eigenvalue weighted by Gasteiger charge is -2.12. The number of esters is 1. The van der Waals surface area contributed by atoms with E-state index in [1.165, 1.54) is 38.4 Å². The standard InChI is InChI=1S/C18H16Cl2N2O5/c1-10(18(25)22-17-13(20)8-12(19)9-21-17)27-16(24)6-4-11-3-5-14(23)15(7-11)26-2/h3-10,23H,1-2H3,(H,21,22,25)/b6-4+. The third kappa shape index (κ3) is 5.87. The van der Waals surface area contributed by atoms with Gasteiger partial charge in [0.15, 0.2) is 23.4 Å². The van der Waals surface area contributed by atoms with E-state index >= 15 is 0 Å². The molecule has 1 aromatic carbocycles. The smallest absolute Gasteiger partial charge is 0.331 e. The van der Waals surface area contributed by atoms with Crippen LogP contribution in [0.5, 0.6) is 11.5 Å². The van der Waals surface area contributed by atoms with Crippen molar-refractivity contribution in [1.29, 1.82) is 0 Å². The predicted molar refractivity (Wildman–Crippen MR) is 102 cm³/mol. The van der Waals surface area contributed by atoms with Gasteiger partial charge in [0.05, 0.1) is 17.2 Å². The van der Waals surface area contributed by atoms with Crippen molar-refractivity contribution >= 4 is 47.0 Å². The molecule has 0 aliphatic heterocycles. The van der Waals surface area contributed by atoms with E-state index in [0.717, 1.165) is 6.08 Å². The summed E-state index contributed by atoms with van der Waals surface area (Å²) in [5.41, 5.74) is 0.607. The normalized spacial score (nSPS) is 11.9. The highest BCUT2D eigenvalue weighted by Gasteiger charge is 2.18. The summed E-state index contributed by atoms with van der Waals surface area (Å²) in [5.74, 6) is -0.956. The Hall–Kier alpha value is -2.77. The molecule has 0 aliphatic rings. The number of carbonyl (C=O) groups excluding carboxylic acids is 2. The van der Waals surface area contributed by atoms with Crippen molar-refractivity contribution in [3.8, 4) is 11.5 Å². The van der Waals surface area contributed by atoms with Crippen LogP contribution in [0.15, 0.2) is 36.5 Å². The highest BCUT2D eigenvalue weighted by atomic mass is 35.5. The molecule has 0 saturated carbocycles. The largest absolute Gasteiger partial charge is 0.504 e. The Morgan fingerprint density at radius 2 is 2.04 bits per heavy atom. The second kappa shape index (κ2) is 9.25. The van der Waals surface area contributed by atoms with Crippen LogP contribution in [0.1, 0.15) is 12.5 Å². The fourth-order valence-corrected chi connectivity index (χ4v) is 2.38. The number of nitrogens with one attached hydrogen (secondary N) is 1. The lowest BCUT2D eigenvalue weighted by molar-refractivity contribution is -0.148. The van der Waals surface area contributed by atoms with E-state index in [9.17, 15) is 14.7 Å². The average Bonchev–Trinajstić information content (AvgIpc) is 2.63. The fraction of sp³-hybridized carbons (Fsp3) is 0.167. The maximum atomic E-state index is 12.1. The second-order valence-corrected chi connectivity index (χ2v) is 6.16. The number of phenolic OH excluding ortho intramolecular Hbond substituents is 1. The Balaban J connectivity index is 1.95. The average molecular weight is 411 g/mol. The molecule has 0 aliphatic carbocycles. The molecule has 0 fully saturated rings. The van der Waals surface area contributed by atoms with E-state index in [4.69, 9.17) is 32.7 Å². The number of carbonyl (C=O) groups is 2. The van der Waals surface area contributed by atoms with Crippen molar-refractivity contribution in [3.63, 3.8) is 0 Å². The van der Waals surface area contributed by atoms with Gasteiger partial charge in [0.25, 0.3) is 5.91 Å². The number of amides is 1. The number of halogens is 2. The zero-order valence-corrected chi connectivity index (χ0v) is 15.9. The van der Waals surface area contributed by atoms with E-state index in [2.05, 4.69) is 10.3 Å². The molecular formula is C18H16Cl2N2O5. The summed E-state index contributed by atoms with van der Waals surface area (Å²) in [6, 6.07) is 6.00. The highest BCUT2D eigenvalue weighted by molar-refractivity contribution is 6.36. The van der Waals surface area contributed by atoms with E-state index < -0.39 is 18.0 Å². The minimum Gasteiger partial charge on any atom is -0.504 e. The topological polar surface area (TPSA) is 97.8 Å². The van der Waals surface area contributed by atoms with Crippen LogP contribution in [0, 0.1) is 0 Å². The van der Waals surface area contributed by atoms with Crippen LogP contribution in [0.4, 0.5) is 5.82 Å². The summed E-state index contributed by atoms with van der Waals surface area (Å²) in [5, 5.41) is 12.5. The number of anilines is 1. The Morgan fingerprint density at radius 1 is 1.30 bits per heavy atom. The summed E-state index contributed by atoms with van der Waals surface area (Å²) in [4.78, 5) is 27.9. The molecule has 1 heterocycles. The molecule has 7 nitrogen and oxygen atoms in total. The molecule has 2 N–H and O–H groups in total. The number of aromatic hydroxyl groups is 1. The summed E-state index contributed by atoms with van der Waals surface area (Å²) in [6.45, 7) is 1.41. The third-order valence-electron chi connectivity index (χ3n) is 3.33. The zero-order valence-electron chi connectivity index (χ0n) is 14.4. The SMILES string of the molecule is COc1cc(/C=C/C(=O)OC(C)C(=O)Nc2ncc(Cl)cc2Cl)ccc1O. The quantitative estimate of drug-likeness (QED) is 0.556. The molecular weight excluding hydrogens is 395 g/mol. The van der Waals surface area contributed by atoms with Crippen LogP contribution >= 0.6 is 23.2 Å². The first kappa shape index (κ1) is 20.5. The van der Waals surface area contributed by atoms with Gasteiger partial charge in [-0.3, -0.25) is 4.79 Å². The molecule has 27 heavy (non-hydrogen) atoms. The van der Waals surface area contributed by atoms with Crippen molar-refractivity contribution in [3.05, 3.63) is 52.1 Å². The van der Waals surface area contributed by atoms with Crippen molar-refractivity contribution < 1.29 is 24.2 Å². The van der Waals surface area contributed by atoms with Gasteiger partial charge in [0.2, 0.25) is 0 Å². The molecule has 0 bridgehead atoms. The molecule has 0 spiro atoms. The number of ether oxygens (including phenoxy) is 2. The summed E-state index contributed by atoms with van der Waals surface area (Å²) >= 11 is 11.7. The number of hydrogen-bond donors (Lipinski definition) is 2. The molecule has 2 aromatic rings. The van der Waals surface area contributed by atoms with E-state index in [-0.39, 0.29) is 22.3 Å². The predicted octanol–water partition coefficient (Wildman–Crippen LogP) is 3.69. The highest BCUT2D eigenvalue weighted by Crippen LogP contribution is 2.26. The van der Waals surface area contributed by atoms with Gasteiger partial charge in [-0.1, -0.05) is 29.3 Å². The van der Waals surface area contributed by atoms with Gasteiger partial charge in [0, 0.05) is 12.3 Å². The Bertz CT molecular complexity index is 886. The van der Waals surface area contributed by atoms with Gasteiger partial charge in [-0.25, -0.2) is 9.78 Å². The van der Waals surface area contributed by atoms with Crippen molar-refractivity contribution in [1.82, 2.24) is 4.98 Å². The van der Waals surface area contributed by atoms with Crippen molar-refractivity contribution in [2.75, 3.05) is 12.4 Å². The molecule has 1 atom stereocenters. The molecule has 0 radical (unpaired) electrons. The van der Waals surface area contributed by atoms with Gasteiger partial charge >= 0.3 is 5.97 Å². The number of hydrogen-bond acceptors (Lipinski definition) is 6. The Morgan fingerprint density at radius 3 is 2.70 bits per heavy atom. The second-order valence-electron chi connectivity index (χ2n) is 5.32. The molecule has 1 aromatic heterocycles. The minimum absolute atomic E-state index is 0.0167. The van der Waals surface area contributed by atoms with Gasteiger partial charge in [0.1, 0.15) is 0 Å². The fourth-order valence-electron chi connectivity index (χ4n) is 1.95. The number of pyridine rings is 1. The monoisotopic (exact) mass is 410 g/mol. The lowest BCUT2D eigenvalue weighted by atomic mass is 10.2. The molecule has 142 valence electrons. The van der Waals surface area contributed by atoms with E-state index in [1.807, 2.05) is 0 Å². The number of benzene rings is 1. The Kier molecular flexibility index (Phi) is 7.04. The summed E-state index contributed by atoms with van der Waals surface area (Å²) < 4.78 is 10.0. The van der Waals surface area contributed by atoms with Crippen LogP contribution in [-0.4, -0.2) is 35.2 Å². The van der Waals surface area contributed by atoms with Crippen LogP contribution in [0.25, 0.3) is 6.08 Å². The van der Waals surface area contributed by atoms with Crippen LogP contribution in [0.3, 0.4) is 0 Å². The van der Waals surface area contributed by atoms with Crippen LogP contribution in [-0.2, 0) is 14.3 Å². The first-order valence-corrected chi connectivity index (χ1v) is 8.43. The number of nitrogens with zero attached hydrogens (tertiary/aromatic N) is 1. The first-order valence-electron chi connectivity index (χ1n) is 7.67. The minimum atomic E-state index is -1.08. The maximum absolute atomic E-state index is 12.1. The van der Waals surface area contributed by atoms with E-state index in [1.54, 1.807) is 12.1 Å². The van der Waals surface area contributed by atoms with E-state index in [0.29, 0.717) is 10.6 Å². The molecule has 1 unspecified atom stereocenters. The first-order chi connectivity index (χ1) is 12.8. The third-order valence-corrected chi connectivity index (χ3v) is 3.82. The van der Waals surface area contributed by atoms with Crippen LogP contribution in [0.2, 0.25) is 10.0 Å². The van der Waals surface area contributed by atoms with Gasteiger partial charge < -0.3 is 19.9 Å². The van der Waals surface area contributed by atoms with Crippen molar-refractivity contribution in [2.45, 2.75) is 13.0 Å². The van der Waals surface area contributed by atoms with Gasteiger partial charge in [-0.2, -0.15) is 0 Å². The van der Waals surface area contributed by atoms with Gasteiger partial charge in [-0.15, -0.1) is 0 Å². The lowest BCUT2D eigenvalue weighted by Crippen LogP contribution is -2.29. The van der Waals surface area contributed by atoms with Gasteiger partial charge in [-0.05, 0) is 36.8 Å². The summed E-state index contributed by atoms with van der Waals surface area (Å²) in [6.07, 6.45) is 2.87. The maximum Gasteiger partial charge on any atom is 0.331 e. The molecule has 2 rings (SSSR count). The number of rotatable bonds is 6. The molecule has 0 saturated heterocycles. The van der Waals surface area contributed by atoms with Crippen LogP contribution < -0.4 is 10.1 Å². The molecule has 9 heteroatoms. The number of aromatic nitrogens is 1. The number of phenols is 1. The zero-order chi connectivity index (χ0) is 20.0.